The number of aromatic nitrogens is 3. The Kier molecular flexibility index (Phi) is 5.81. The van der Waals surface area contributed by atoms with Crippen molar-refractivity contribution in [2.45, 2.75) is 26.2 Å². The molecule has 124 valence electrons. The molecule has 1 heterocycles. The van der Waals surface area contributed by atoms with Crippen LogP contribution in [0.15, 0.2) is 30.1 Å². The summed E-state index contributed by atoms with van der Waals surface area (Å²) in [6.07, 6.45) is 1.30. The minimum absolute atomic E-state index is 0.0216. The normalized spacial score (nSPS) is 13.2. The van der Waals surface area contributed by atoms with Gasteiger partial charge in [-0.3, -0.25) is 5.10 Å². The SMILES string of the molecule is CCC(C)c1n[nH]c(-c2ccc(OC/C(=C/F)CN)cc2F)n1. The van der Waals surface area contributed by atoms with Crippen molar-refractivity contribution >= 4 is 0 Å². The van der Waals surface area contributed by atoms with Crippen LogP contribution in [0.2, 0.25) is 0 Å². The van der Waals surface area contributed by atoms with Crippen LogP contribution in [0.25, 0.3) is 11.4 Å². The summed E-state index contributed by atoms with van der Waals surface area (Å²) in [4.78, 5) is 4.32. The number of nitrogens with one attached hydrogen (secondary N) is 1. The molecular weight excluding hydrogens is 302 g/mol. The Morgan fingerprint density at radius 1 is 1.48 bits per heavy atom. The van der Waals surface area contributed by atoms with Crippen LogP contribution in [0.4, 0.5) is 8.78 Å². The van der Waals surface area contributed by atoms with Gasteiger partial charge in [-0.15, -0.1) is 0 Å². The van der Waals surface area contributed by atoms with E-state index < -0.39 is 5.82 Å². The quantitative estimate of drug-likeness (QED) is 0.820. The van der Waals surface area contributed by atoms with Gasteiger partial charge in [-0.25, -0.2) is 13.8 Å². The van der Waals surface area contributed by atoms with Gasteiger partial charge in [-0.05, 0) is 18.6 Å². The van der Waals surface area contributed by atoms with Gasteiger partial charge in [0.1, 0.15) is 18.2 Å². The van der Waals surface area contributed by atoms with Gasteiger partial charge >= 0.3 is 0 Å². The number of nitrogens with zero attached hydrogens (tertiary/aromatic N) is 2. The maximum Gasteiger partial charge on any atom is 0.158 e. The molecular formula is C16H20F2N4O. The van der Waals surface area contributed by atoms with E-state index in [4.69, 9.17) is 10.5 Å². The van der Waals surface area contributed by atoms with E-state index in [1.807, 2.05) is 13.8 Å². The molecule has 0 aliphatic carbocycles. The lowest BCUT2D eigenvalue weighted by atomic mass is 10.1. The minimum Gasteiger partial charge on any atom is -0.489 e. The highest BCUT2D eigenvalue weighted by Gasteiger charge is 2.14. The monoisotopic (exact) mass is 322 g/mol. The Morgan fingerprint density at radius 3 is 2.87 bits per heavy atom. The number of hydrogen-bond donors (Lipinski definition) is 2. The molecule has 0 bridgehead atoms. The third-order valence-corrected chi connectivity index (χ3v) is 3.59. The molecule has 1 atom stereocenters. The topological polar surface area (TPSA) is 76.8 Å². The van der Waals surface area contributed by atoms with Gasteiger partial charge < -0.3 is 10.5 Å². The number of rotatable bonds is 7. The molecule has 5 nitrogen and oxygen atoms in total. The second-order valence-corrected chi connectivity index (χ2v) is 5.25. The predicted octanol–water partition coefficient (Wildman–Crippen LogP) is 3.32. The summed E-state index contributed by atoms with van der Waals surface area (Å²) in [6.45, 7) is 4.07. The summed E-state index contributed by atoms with van der Waals surface area (Å²) in [5, 5.41) is 6.86. The van der Waals surface area contributed by atoms with E-state index in [2.05, 4.69) is 15.2 Å². The summed E-state index contributed by atoms with van der Waals surface area (Å²) in [5.74, 6) is 1.03. The molecule has 0 fully saturated rings. The fourth-order valence-electron chi connectivity index (χ4n) is 1.89. The van der Waals surface area contributed by atoms with E-state index in [9.17, 15) is 8.78 Å². The van der Waals surface area contributed by atoms with E-state index in [1.54, 1.807) is 12.1 Å². The summed E-state index contributed by atoms with van der Waals surface area (Å²) in [5.41, 5.74) is 5.93. The van der Waals surface area contributed by atoms with Gasteiger partial charge in [0.25, 0.3) is 0 Å². The molecule has 3 N–H and O–H groups in total. The number of H-pyrrole nitrogens is 1. The highest BCUT2D eigenvalue weighted by Crippen LogP contribution is 2.25. The molecule has 0 saturated carbocycles. The zero-order valence-electron chi connectivity index (χ0n) is 13.1. The van der Waals surface area contributed by atoms with Crippen LogP contribution in [0.3, 0.4) is 0 Å². The second-order valence-electron chi connectivity index (χ2n) is 5.25. The third kappa shape index (κ3) is 4.13. The average molecular weight is 322 g/mol. The molecule has 7 heteroatoms. The molecule has 0 aliphatic heterocycles. The number of nitrogens with two attached hydrogens (primary N) is 1. The maximum atomic E-state index is 14.2. The van der Waals surface area contributed by atoms with Crippen molar-refractivity contribution in [3.8, 4) is 17.1 Å². The number of ether oxygens (including phenoxy) is 1. The van der Waals surface area contributed by atoms with E-state index in [0.29, 0.717) is 34.9 Å². The predicted molar refractivity (Wildman–Crippen MR) is 84.2 cm³/mol. The molecule has 1 aromatic carbocycles. The molecule has 1 unspecified atom stereocenters. The molecule has 0 spiro atoms. The number of aromatic amines is 1. The van der Waals surface area contributed by atoms with Crippen molar-refractivity contribution in [2.75, 3.05) is 13.2 Å². The average Bonchev–Trinajstić information content (AvgIpc) is 3.05. The lowest BCUT2D eigenvalue weighted by molar-refractivity contribution is 0.345. The molecule has 1 aromatic heterocycles. The second kappa shape index (κ2) is 7.82. The van der Waals surface area contributed by atoms with Crippen LogP contribution in [-0.4, -0.2) is 28.3 Å². The van der Waals surface area contributed by atoms with Crippen molar-refractivity contribution < 1.29 is 13.5 Å². The molecule has 0 radical (unpaired) electrons. The molecule has 2 aromatic rings. The van der Waals surface area contributed by atoms with Crippen LogP contribution in [0, 0.1) is 5.82 Å². The fourth-order valence-corrected chi connectivity index (χ4v) is 1.89. The van der Waals surface area contributed by atoms with Crippen LogP contribution in [0.1, 0.15) is 32.0 Å². The standard InChI is InChI=1S/C16H20F2N4O/c1-3-10(2)15-20-16(22-21-15)13-5-4-12(6-14(13)18)23-9-11(7-17)8-19/h4-7,10H,3,8-9,19H2,1-2H3,(H,20,21,22)/b11-7+. The van der Waals surface area contributed by atoms with Crippen molar-refractivity contribution in [2.24, 2.45) is 5.73 Å². The van der Waals surface area contributed by atoms with E-state index >= 15 is 0 Å². The molecule has 0 amide bonds. The Morgan fingerprint density at radius 2 is 2.26 bits per heavy atom. The van der Waals surface area contributed by atoms with Crippen molar-refractivity contribution in [1.29, 1.82) is 0 Å². The third-order valence-electron chi connectivity index (χ3n) is 3.59. The highest BCUT2D eigenvalue weighted by atomic mass is 19.1. The van der Waals surface area contributed by atoms with Crippen LogP contribution < -0.4 is 10.5 Å². The first-order chi connectivity index (χ1) is 11.1. The summed E-state index contributed by atoms with van der Waals surface area (Å²) in [7, 11) is 0. The fraction of sp³-hybridized carbons (Fsp3) is 0.375. The van der Waals surface area contributed by atoms with E-state index in [0.717, 1.165) is 6.42 Å². The van der Waals surface area contributed by atoms with Gasteiger partial charge in [0.15, 0.2) is 11.6 Å². The molecule has 23 heavy (non-hydrogen) atoms. The number of hydrogen-bond acceptors (Lipinski definition) is 4. The summed E-state index contributed by atoms with van der Waals surface area (Å²) >= 11 is 0. The zero-order chi connectivity index (χ0) is 16.8. The molecule has 0 aliphatic rings. The first-order valence-corrected chi connectivity index (χ1v) is 7.42. The Labute approximate surface area is 133 Å². The van der Waals surface area contributed by atoms with Gasteiger partial charge in [0, 0.05) is 24.1 Å². The highest BCUT2D eigenvalue weighted by molar-refractivity contribution is 5.57. The van der Waals surface area contributed by atoms with E-state index in [1.165, 1.54) is 6.07 Å². The van der Waals surface area contributed by atoms with Gasteiger partial charge in [0.2, 0.25) is 0 Å². The molecule has 2 rings (SSSR count). The van der Waals surface area contributed by atoms with Crippen LogP contribution in [-0.2, 0) is 0 Å². The van der Waals surface area contributed by atoms with Gasteiger partial charge in [-0.2, -0.15) is 5.10 Å². The summed E-state index contributed by atoms with van der Waals surface area (Å²) in [6, 6.07) is 4.37. The number of halogens is 2. The van der Waals surface area contributed by atoms with Crippen LogP contribution >= 0.6 is 0 Å². The lowest BCUT2D eigenvalue weighted by Crippen LogP contribution is -2.10. The minimum atomic E-state index is -0.493. The van der Waals surface area contributed by atoms with Crippen molar-refractivity contribution in [3.63, 3.8) is 0 Å². The zero-order valence-corrected chi connectivity index (χ0v) is 13.1. The first-order valence-electron chi connectivity index (χ1n) is 7.42. The largest absolute Gasteiger partial charge is 0.489 e. The maximum absolute atomic E-state index is 14.2. The van der Waals surface area contributed by atoms with Gasteiger partial charge in [0.05, 0.1) is 11.9 Å². The lowest BCUT2D eigenvalue weighted by Gasteiger charge is -2.08. The Balaban J connectivity index is 2.14. The smallest absolute Gasteiger partial charge is 0.158 e. The summed E-state index contributed by atoms with van der Waals surface area (Å²) < 4.78 is 31.9. The van der Waals surface area contributed by atoms with E-state index in [-0.39, 0.29) is 19.1 Å². The first kappa shape index (κ1) is 17.1. The number of benzene rings is 1. The Hall–Kier alpha value is -2.28. The van der Waals surface area contributed by atoms with Crippen LogP contribution in [0.5, 0.6) is 5.75 Å². The molecule has 0 saturated heterocycles. The van der Waals surface area contributed by atoms with Gasteiger partial charge in [-0.1, -0.05) is 13.8 Å². The van der Waals surface area contributed by atoms with Crippen molar-refractivity contribution in [1.82, 2.24) is 15.2 Å². The Bertz CT molecular complexity index is 684. The van der Waals surface area contributed by atoms with Crippen molar-refractivity contribution in [3.05, 3.63) is 41.7 Å².